The molecule has 0 saturated heterocycles. The first kappa shape index (κ1) is 15.5. The summed E-state index contributed by atoms with van der Waals surface area (Å²) in [4.78, 5) is 20.0. The summed E-state index contributed by atoms with van der Waals surface area (Å²) in [6.45, 7) is 0. The van der Waals surface area contributed by atoms with E-state index in [4.69, 9.17) is 4.98 Å². The van der Waals surface area contributed by atoms with E-state index in [1.165, 1.54) is 10.4 Å². The van der Waals surface area contributed by atoms with Gasteiger partial charge < -0.3 is 4.98 Å². The van der Waals surface area contributed by atoms with Crippen LogP contribution in [-0.2, 0) is 0 Å². The van der Waals surface area contributed by atoms with Crippen molar-refractivity contribution in [2.24, 2.45) is 0 Å². The number of aromatic amines is 1. The number of thiophene rings is 1. The molecule has 28 heavy (non-hydrogen) atoms. The smallest absolute Gasteiger partial charge is 0.148 e. The minimum Gasteiger partial charge on any atom is -0.337 e. The molecule has 0 aliphatic carbocycles. The van der Waals surface area contributed by atoms with Gasteiger partial charge in [0.2, 0.25) is 0 Å². The molecule has 0 amide bonds. The summed E-state index contributed by atoms with van der Waals surface area (Å²) in [7, 11) is 0. The molecule has 0 spiro atoms. The summed E-state index contributed by atoms with van der Waals surface area (Å²) in [5, 5.41) is 2.06. The number of hydrogen-bond acceptors (Lipinski definition) is 4. The minimum atomic E-state index is 0.878. The Hall–Kier alpha value is -3.57. The van der Waals surface area contributed by atoms with Crippen molar-refractivity contribution in [3.05, 3.63) is 79.1 Å². The zero-order chi connectivity index (χ0) is 18.5. The van der Waals surface area contributed by atoms with E-state index >= 15 is 0 Å². The summed E-state index contributed by atoms with van der Waals surface area (Å²) in [6.07, 6.45) is 3.62. The lowest BCUT2D eigenvalue weighted by molar-refractivity contribution is 1.36. The molecular formula is C23H14N4S. The maximum Gasteiger partial charge on any atom is 0.148 e. The second-order valence-corrected chi connectivity index (χ2v) is 7.72. The predicted molar refractivity (Wildman–Crippen MR) is 115 cm³/mol. The average Bonchev–Trinajstić information content (AvgIpc) is 3.42. The van der Waals surface area contributed by atoms with Gasteiger partial charge in [-0.25, -0.2) is 4.98 Å². The van der Waals surface area contributed by atoms with Gasteiger partial charge in [0.1, 0.15) is 5.82 Å². The van der Waals surface area contributed by atoms with Gasteiger partial charge in [0.25, 0.3) is 0 Å². The van der Waals surface area contributed by atoms with Gasteiger partial charge >= 0.3 is 0 Å². The Morgan fingerprint density at radius 1 is 0.643 bits per heavy atom. The van der Waals surface area contributed by atoms with Crippen LogP contribution in [0.4, 0.5) is 0 Å². The summed E-state index contributed by atoms with van der Waals surface area (Å²) in [5.41, 5.74) is 4.96. The van der Waals surface area contributed by atoms with Crippen molar-refractivity contribution in [1.29, 1.82) is 0 Å². The first-order valence-electron chi connectivity index (χ1n) is 9.05. The lowest BCUT2D eigenvalue weighted by atomic mass is 10.1. The molecule has 0 aliphatic rings. The van der Waals surface area contributed by atoms with Crippen molar-refractivity contribution in [2.45, 2.75) is 0 Å². The fourth-order valence-corrected chi connectivity index (χ4v) is 4.64. The first-order chi connectivity index (χ1) is 13.9. The number of H-pyrrole nitrogens is 1. The fourth-order valence-electron chi connectivity index (χ4n) is 3.68. The molecule has 0 aliphatic heterocycles. The number of pyridine rings is 2. The molecule has 4 aromatic heterocycles. The highest BCUT2D eigenvalue weighted by atomic mass is 32.1. The molecule has 0 radical (unpaired) electrons. The highest BCUT2D eigenvalue weighted by molar-refractivity contribution is 7.18. The van der Waals surface area contributed by atoms with Crippen molar-refractivity contribution in [3.63, 3.8) is 0 Å². The van der Waals surface area contributed by atoms with E-state index in [9.17, 15) is 0 Å². The fraction of sp³-hybridized carbons (Fsp3) is 0. The zero-order valence-electron chi connectivity index (χ0n) is 14.8. The van der Waals surface area contributed by atoms with Crippen LogP contribution in [0.25, 0.3) is 54.0 Å². The zero-order valence-corrected chi connectivity index (χ0v) is 15.6. The maximum atomic E-state index is 4.96. The summed E-state index contributed by atoms with van der Waals surface area (Å²) in [6, 6.07) is 22.8. The molecule has 0 bridgehead atoms. The summed E-state index contributed by atoms with van der Waals surface area (Å²) >= 11 is 1.74. The third kappa shape index (κ3) is 2.27. The van der Waals surface area contributed by atoms with Gasteiger partial charge in [-0.15, -0.1) is 11.3 Å². The van der Waals surface area contributed by atoms with Gasteiger partial charge in [0.15, 0.2) is 0 Å². The van der Waals surface area contributed by atoms with E-state index in [0.29, 0.717) is 0 Å². The lowest BCUT2D eigenvalue weighted by Gasteiger charge is -2.03. The molecule has 0 unspecified atom stereocenters. The van der Waals surface area contributed by atoms with Crippen LogP contribution in [0.3, 0.4) is 0 Å². The molecule has 2 aromatic carbocycles. The Morgan fingerprint density at radius 3 is 2.18 bits per heavy atom. The number of nitrogens with one attached hydrogen (secondary N) is 1. The molecule has 4 heterocycles. The van der Waals surface area contributed by atoms with Crippen molar-refractivity contribution >= 4 is 44.2 Å². The van der Waals surface area contributed by atoms with Gasteiger partial charge in [-0.05, 0) is 42.0 Å². The molecule has 132 valence electrons. The van der Waals surface area contributed by atoms with Crippen molar-refractivity contribution in [2.75, 3.05) is 0 Å². The summed E-state index contributed by atoms with van der Waals surface area (Å²) < 4.78 is 0. The largest absolute Gasteiger partial charge is 0.337 e. The van der Waals surface area contributed by atoms with Crippen LogP contribution < -0.4 is 0 Å². The number of fused-ring (bicyclic) bond motifs is 6. The Balaban J connectivity index is 1.61. The van der Waals surface area contributed by atoms with Crippen LogP contribution in [0.15, 0.2) is 79.1 Å². The molecule has 4 nitrogen and oxygen atoms in total. The van der Waals surface area contributed by atoms with E-state index in [-0.39, 0.29) is 0 Å². The molecule has 1 N–H and O–H groups in total. The third-order valence-corrected chi connectivity index (χ3v) is 6.11. The number of hydrogen-bond donors (Lipinski definition) is 1. The SMILES string of the molecule is c1ccc(-c2ccc(-c3nc4c5cccnc5c5ncccc5c4[nH]3)s2)cc1. The Bertz CT molecular complexity index is 1390. The van der Waals surface area contributed by atoms with Crippen molar-refractivity contribution in [3.8, 4) is 21.1 Å². The Kier molecular flexibility index (Phi) is 3.30. The molecule has 6 aromatic rings. The van der Waals surface area contributed by atoms with E-state index in [0.717, 1.165) is 43.5 Å². The highest BCUT2D eigenvalue weighted by Gasteiger charge is 2.16. The van der Waals surface area contributed by atoms with E-state index in [1.54, 1.807) is 17.5 Å². The lowest BCUT2D eigenvalue weighted by Crippen LogP contribution is -1.86. The molecule has 6 rings (SSSR count). The Labute approximate surface area is 164 Å². The van der Waals surface area contributed by atoms with Crippen LogP contribution in [0, 0.1) is 0 Å². The van der Waals surface area contributed by atoms with Gasteiger partial charge in [0, 0.05) is 28.0 Å². The molecule has 0 atom stereocenters. The van der Waals surface area contributed by atoms with Crippen LogP contribution in [0.5, 0.6) is 0 Å². The second kappa shape index (κ2) is 5.97. The second-order valence-electron chi connectivity index (χ2n) is 6.64. The van der Waals surface area contributed by atoms with E-state index < -0.39 is 0 Å². The molecular weight excluding hydrogens is 364 g/mol. The number of rotatable bonds is 2. The van der Waals surface area contributed by atoms with Gasteiger partial charge in [-0.3, -0.25) is 9.97 Å². The number of benzene rings is 2. The number of imidazole rings is 1. The predicted octanol–water partition coefficient (Wildman–Crippen LogP) is 6.05. The summed E-state index contributed by atoms with van der Waals surface area (Å²) in [5.74, 6) is 0.878. The monoisotopic (exact) mass is 378 g/mol. The van der Waals surface area contributed by atoms with Crippen LogP contribution in [0.1, 0.15) is 0 Å². The van der Waals surface area contributed by atoms with Gasteiger partial charge in [-0.1, -0.05) is 30.3 Å². The number of aromatic nitrogens is 4. The Morgan fingerprint density at radius 2 is 1.36 bits per heavy atom. The maximum absolute atomic E-state index is 4.96. The topological polar surface area (TPSA) is 54.5 Å². The number of nitrogens with zero attached hydrogens (tertiary/aromatic N) is 3. The highest BCUT2D eigenvalue weighted by Crippen LogP contribution is 2.37. The van der Waals surface area contributed by atoms with E-state index in [2.05, 4.69) is 63.5 Å². The van der Waals surface area contributed by atoms with Gasteiger partial charge in [0.05, 0.1) is 26.9 Å². The molecule has 5 heteroatoms. The third-order valence-electron chi connectivity index (χ3n) is 4.97. The quantitative estimate of drug-likeness (QED) is 0.373. The van der Waals surface area contributed by atoms with Crippen molar-refractivity contribution in [1.82, 2.24) is 19.9 Å². The first-order valence-corrected chi connectivity index (χ1v) is 9.87. The van der Waals surface area contributed by atoms with E-state index in [1.807, 2.05) is 24.4 Å². The normalized spacial score (nSPS) is 11.6. The van der Waals surface area contributed by atoms with Crippen LogP contribution >= 0.6 is 11.3 Å². The molecule has 0 saturated carbocycles. The van der Waals surface area contributed by atoms with Crippen LogP contribution in [-0.4, -0.2) is 19.9 Å². The average molecular weight is 378 g/mol. The molecule has 0 fully saturated rings. The van der Waals surface area contributed by atoms with Crippen LogP contribution in [0.2, 0.25) is 0 Å². The van der Waals surface area contributed by atoms with Crippen molar-refractivity contribution < 1.29 is 0 Å². The van der Waals surface area contributed by atoms with Gasteiger partial charge in [-0.2, -0.15) is 0 Å². The minimum absolute atomic E-state index is 0.878. The standard InChI is InChI=1S/C23H14N4S/c1-2-6-14(7-3-1)17-10-11-18(28-17)23-26-21-15-8-4-12-24-19(15)20-16(22(21)27-23)9-5-13-25-20/h1-13H,(H,26,27).